The lowest BCUT2D eigenvalue weighted by Crippen LogP contribution is -2.61. The number of aliphatic imine (C=N–C) groups is 1. The van der Waals surface area contributed by atoms with E-state index in [9.17, 15) is 0 Å². The van der Waals surface area contributed by atoms with Crippen LogP contribution in [0.15, 0.2) is 29.3 Å². The lowest BCUT2D eigenvalue weighted by Gasteiger charge is -2.43. The van der Waals surface area contributed by atoms with Crippen LogP contribution in [0.1, 0.15) is 38.2 Å². The second-order valence-electron chi connectivity index (χ2n) is 6.62. The summed E-state index contributed by atoms with van der Waals surface area (Å²) in [4.78, 5) is 4.80. The van der Waals surface area contributed by atoms with Gasteiger partial charge < -0.3 is 15.4 Å². The molecule has 1 heterocycles. The molecule has 0 radical (unpaired) electrons. The molecule has 1 aliphatic heterocycles. The number of rotatable bonds is 3. The summed E-state index contributed by atoms with van der Waals surface area (Å²) in [7, 11) is 1.70. The topological polar surface area (TPSA) is 45.6 Å². The Hall–Kier alpha value is -1.55. The van der Waals surface area contributed by atoms with Gasteiger partial charge in [0, 0.05) is 13.1 Å². The van der Waals surface area contributed by atoms with Crippen LogP contribution in [0.2, 0.25) is 0 Å². The molecule has 120 valence electrons. The maximum Gasteiger partial charge on any atom is 0.118 e. The minimum absolute atomic E-state index is 0.0945. The fourth-order valence-electron chi connectivity index (χ4n) is 3.52. The average molecular weight is 301 g/mol. The Morgan fingerprint density at radius 3 is 2.68 bits per heavy atom. The molecule has 0 saturated heterocycles. The fourth-order valence-corrected chi connectivity index (χ4v) is 3.52. The number of methoxy groups -OCH3 is 1. The van der Waals surface area contributed by atoms with Gasteiger partial charge in [0.05, 0.1) is 19.2 Å². The molecule has 2 aliphatic rings. The molecule has 1 spiro atoms. The summed E-state index contributed by atoms with van der Waals surface area (Å²) in [6, 6.07) is 8.24. The van der Waals surface area contributed by atoms with Crippen LogP contribution in [-0.2, 0) is 6.54 Å². The smallest absolute Gasteiger partial charge is 0.118 e. The van der Waals surface area contributed by atoms with Crippen molar-refractivity contribution in [3.63, 3.8) is 0 Å². The van der Waals surface area contributed by atoms with Gasteiger partial charge in [0.15, 0.2) is 0 Å². The van der Waals surface area contributed by atoms with Crippen molar-refractivity contribution in [1.82, 2.24) is 10.6 Å². The third-order valence-corrected chi connectivity index (χ3v) is 5.05. The number of hydrogen-bond donors (Lipinski definition) is 2. The van der Waals surface area contributed by atoms with Crippen molar-refractivity contribution in [1.29, 1.82) is 0 Å². The van der Waals surface area contributed by atoms with Crippen LogP contribution in [0.25, 0.3) is 0 Å². The van der Waals surface area contributed by atoms with Crippen LogP contribution in [0.3, 0.4) is 0 Å². The van der Waals surface area contributed by atoms with E-state index in [1.54, 1.807) is 7.11 Å². The Labute approximate surface area is 133 Å². The normalized spacial score (nSPS) is 28.3. The van der Waals surface area contributed by atoms with Gasteiger partial charge in [0.2, 0.25) is 0 Å². The SMILES string of the molecule is COc1ccc(CNC2=NCCNC23CCC(C)CC3)cc1. The van der Waals surface area contributed by atoms with Gasteiger partial charge in [-0.3, -0.25) is 4.99 Å². The van der Waals surface area contributed by atoms with Crippen LogP contribution < -0.4 is 15.4 Å². The minimum Gasteiger partial charge on any atom is -0.497 e. The van der Waals surface area contributed by atoms with E-state index in [0.29, 0.717) is 0 Å². The number of hydrogen-bond acceptors (Lipinski definition) is 4. The summed E-state index contributed by atoms with van der Waals surface area (Å²) < 4.78 is 5.21. The molecule has 1 aliphatic carbocycles. The molecule has 0 unspecified atom stereocenters. The van der Waals surface area contributed by atoms with Crippen LogP contribution in [0.5, 0.6) is 5.75 Å². The molecule has 1 aromatic rings. The summed E-state index contributed by atoms with van der Waals surface area (Å²) in [5.41, 5.74) is 1.35. The first kappa shape index (κ1) is 15.3. The molecule has 0 amide bonds. The zero-order valence-corrected chi connectivity index (χ0v) is 13.7. The first-order valence-electron chi connectivity index (χ1n) is 8.39. The molecule has 4 heteroatoms. The van der Waals surface area contributed by atoms with Gasteiger partial charge in [0.1, 0.15) is 11.6 Å². The van der Waals surface area contributed by atoms with Crippen molar-refractivity contribution in [3.05, 3.63) is 29.8 Å². The highest BCUT2D eigenvalue weighted by atomic mass is 16.5. The quantitative estimate of drug-likeness (QED) is 0.902. The van der Waals surface area contributed by atoms with Crippen molar-refractivity contribution < 1.29 is 4.74 Å². The number of amidine groups is 1. The lowest BCUT2D eigenvalue weighted by molar-refractivity contribution is 0.251. The highest BCUT2D eigenvalue weighted by molar-refractivity contribution is 5.92. The monoisotopic (exact) mass is 301 g/mol. The second kappa shape index (κ2) is 6.69. The number of nitrogens with one attached hydrogen (secondary N) is 2. The fraction of sp³-hybridized carbons (Fsp3) is 0.611. The first-order chi connectivity index (χ1) is 10.7. The van der Waals surface area contributed by atoms with Crippen LogP contribution in [0, 0.1) is 5.92 Å². The summed E-state index contributed by atoms with van der Waals surface area (Å²) in [5.74, 6) is 2.91. The Morgan fingerprint density at radius 2 is 2.00 bits per heavy atom. The van der Waals surface area contributed by atoms with E-state index in [0.717, 1.165) is 31.3 Å². The third kappa shape index (κ3) is 3.27. The Kier molecular flexibility index (Phi) is 4.67. The van der Waals surface area contributed by atoms with Gasteiger partial charge in [-0.25, -0.2) is 0 Å². The van der Waals surface area contributed by atoms with E-state index in [-0.39, 0.29) is 5.54 Å². The van der Waals surface area contributed by atoms with E-state index in [1.807, 2.05) is 12.1 Å². The van der Waals surface area contributed by atoms with Crippen LogP contribution >= 0.6 is 0 Å². The number of nitrogens with zero attached hydrogens (tertiary/aromatic N) is 1. The molecule has 0 atom stereocenters. The zero-order valence-electron chi connectivity index (χ0n) is 13.7. The first-order valence-corrected chi connectivity index (χ1v) is 8.39. The molecule has 0 bridgehead atoms. The van der Waals surface area contributed by atoms with E-state index in [2.05, 4.69) is 29.7 Å². The van der Waals surface area contributed by atoms with Crippen molar-refractivity contribution in [3.8, 4) is 5.75 Å². The second-order valence-corrected chi connectivity index (χ2v) is 6.62. The van der Waals surface area contributed by atoms with Gasteiger partial charge >= 0.3 is 0 Å². The molecular formula is C18H27N3O. The molecule has 1 saturated carbocycles. The largest absolute Gasteiger partial charge is 0.497 e. The van der Waals surface area contributed by atoms with Crippen LogP contribution in [0.4, 0.5) is 0 Å². The van der Waals surface area contributed by atoms with Crippen molar-refractivity contribution in [2.45, 2.75) is 44.7 Å². The van der Waals surface area contributed by atoms with Crippen molar-refractivity contribution >= 4 is 5.84 Å². The molecular weight excluding hydrogens is 274 g/mol. The van der Waals surface area contributed by atoms with Crippen molar-refractivity contribution in [2.75, 3.05) is 20.2 Å². The summed E-state index contributed by atoms with van der Waals surface area (Å²) >= 11 is 0. The van der Waals surface area contributed by atoms with Crippen LogP contribution in [-0.4, -0.2) is 31.6 Å². The minimum atomic E-state index is 0.0945. The molecule has 3 rings (SSSR count). The predicted molar refractivity (Wildman–Crippen MR) is 90.5 cm³/mol. The molecule has 4 nitrogen and oxygen atoms in total. The van der Waals surface area contributed by atoms with E-state index in [1.165, 1.54) is 37.1 Å². The maximum atomic E-state index is 5.21. The zero-order chi connectivity index (χ0) is 15.4. The number of ether oxygens (including phenoxy) is 1. The Morgan fingerprint density at radius 1 is 1.27 bits per heavy atom. The van der Waals surface area contributed by atoms with E-state index >= 15 is 0 Å². The molecule has 2 N–H and O–H groups in total. The van der Waals surface area contributed by atoms with E-state index in [4.69, 9.17) is 9.73 Å². The maximum absolute atomic E-state index is 5.21. The highest BCUT2D eigenvalue weighted by Crippen LogP contribution is 2.33. The Bertz CT molecular complexity index is 516. The molecule has 1 aromatic carbocycles. The average Bonchev–Trinajstić information content (AvgIpc) is 2.57. The van der Waals surface area contributed by atoms with E-state index < -0.39 is 0 Å². The Balaban J connectivity index is 1.65. The highest BCUT2D eigenvalue weighted by Gasteiger charge is 2.39. The summed E-state index contributed by atoms with van der Waals surface area (Å²) in [6.07, 6.45) is 4.97. The predicted octanol–water partition coefficient (Wildman–Crippen LogP) is 2.74. The van der Waals surface area contributed by atoms with Gasteiger partial charge in [-0.2, -0.15) is 0 Å². The standard InChI is InChI=1S/C18H27N3O/c1-14-7-9-18(10-8-14)17(19-11-12-21-18)20-13-15-3-5-16(22-2)6-4-15/h3-6,14,21H,7-13H2,1-2H3,(H,19,20). The van der Waals surface area contributed by atoms with Gasteiger partial charge in [0.25, 0.3) is 0 Å². The van der Waals surface area contributed by atoms with Gasteiger partial charge in [-0.1, -0.05) is 19.1 Å². The van der Waals surface area contributed by atoms with Gasteiger partial charge in [-0.15, -0.1) is 0 Å². The third-order valence-electron chi connectivity index (χ3n) is 5.05. The number of benzene rings is 1. The summed E-state index contributed by atoms with van der Waals surface area (Å²) in [6.45, 7) is 5.06. The molecule has 1 fully saturated rings. The molecule has 22 heavy (non-hydrogen) atoms. The van der Waals surface area contributed by atoms with Gasteiger partial charge in [-0.05, 0) is 49.3 Å². The van der Waals surface area contributed by atoms with Crippen molar-refractivity contribution in [2.24, 2.45) is 10.9 Å². The molecule has 0 aromatic heterocycles. The lowest BCUT2D eigenvalue weighted by atomic mass is 9.75. The summed E-state index contributed by atoms with van der Waals surface area (Å²) in [5, 5.41) is 7.34.